The Hall–Kier alpha value is -2.86. The van der Waals surface area contributed by atoms with Crippen LogP contribution in [0.1, 0.15) is 18.5 Å². The number of hydrogen-bond acceptors (Lipinski definition) is 4. The van der Waals surface area contributed by atoms with Crippen LogP contribution in [0.15, 0.2) is 63.8 Å². The van der Waals surface area contributed by atoms with Crippen molar-refractivity contribution in [3.63, 3.8) is 0 Å². The molecule has 0 radical (unpaired) electrons. The van der Waals surface area contributed by atoms with Crippen molar-refractivity contribution in [3.8, 4) is 11.5 Å². The van der Waals surface area contributed by atoms with Gasteiger partial charge in [-0.25, -0.2) is 4.79 Å². The minimum absolute atomic E-state index is 0.182. The molecule has 6 nitrogen and oxygen atoms in total. The van der Waals surface area contributed by atoms with Gasteiger partial charge in [-0.15, -0.1) is 5.10 Å². The van der Waals surface area contributed by atoms with Gasteiger partial charge in [-0.2, -0.15) is 4.68 Å². The molecular weight excluding hydrogens is 342 g/mol. The first-order chi connectivity index (χ1) is 12.0. The lowest BCUT2D eigenvalue weighted by Crippen LogP contribution is -2.33. The van der Waals surface area contributed by atoms with Crippen LogP contribution in [0, 0.1) is 0 Å². The fourth-order valence-electron chi connectivity index (χ4n) is 2.39. The second-order valence-electron chi connectivity index (χ2n) is 5.54. The first kappa shape index (κ1) is 17.0. The van der Waals surface area contributed by atoms with E-state index in [4.69, 9.17) is 16.0 Å². The lowest BCUT2D eigenvalue weighted by molar-refractivity contribution is -0.122. The van der Waals surface area contributed by atoms with Gasteiger partial charge in [0.2, 0.25) is 11.8 Å². The third-order valence-electron chi connectivity index (χ3n) is 3.65. The maximum absolute atomic E-state index is 12.2. The molecule has 2 aromatic carbocycles. The lowest BCUT2D eigenvalue weighted by Gasteiger charge is -2.14. The number of carbonyl (C=O) groups excluding carboxylic acids is 1. The first-order valence-corrected chi connectivity index (χ1v) is 8.09. The highest BCUT2D eigenvalue weighted by molar-refractivity contribution is 6.30. The molecule has 1 atom stereocenters. The van der Waals surface area contributed by atoms with E-state index in [0.717, 1.165) is 10.2 Å². The van der Waals surface area contributed by atoms with Gasteiger partial charge in [0, 0.05) is 10.6 Å². The van der Waals surface area contributed by atoms with E-state index in [-0.39, 0.29) is 24.4 Å². The van der Waals surface area contributed by atoms with Gasteiger partial charge in [0.1, 0.15) is 6.54 Å². The van der Waals surface area contributed by atoms with Crippen molar-refractivity contribution in [3.05, 3.63) is 75.7 Å². The summed E-state index contributed by atoms with van der Waals surface area (Å²) in [6.07, 6.45) is 0. The van der Waals surface area contributed by atoms with Crippen LogP contribution >= 0.6 is 11.6 Å². The first-order valence-electron chi connectivity index (χ1n) is 7.71. The summed E-state index contributed by atoms with van der Waals surface area (Å²) >= 11 is 5.96. The molecule has 3 aromatic rings. The van der Waals surface area contributed by atoms with Crippen LogP contribution in [-0.2, 0) is 11.3 Å². The summed E-state index contributed by atoms with van der Waals surface area (Å²) < 4.78 is 6.11. The number of carbonyl (C=O) groups is 1. The van der Waals surface area contributed by atoms with Gasteiger partial charge in [0.05, 0.1) is 6.04 Å². The Balaban J connectivity index is 1.69. The number of hydrogen-bond donors (Lipinski definition) is 1. The number of nitrogens with zero attached hydrogens (tertiary/aromatic N) is 2. The number of halogens is 1. The van der Waals surface area contributed by atoms with Crippen LogP contribution in [0.2, 0.25) is 5.02 Å². The third-order valence-corrected chi connectivity index (χ3v) is 3.88. The molecule has 25 heavy (non-hydrogen) atoms. The van der Waals surface area contributed by atoms with E-state index in [1.165, 1.54) is 0 Å². The summed E-state index contributed by atoms with van der Waals surface area (Å²) in [5.41, 5.74) is 1.55. The predicted molar refractivity (Wildman–Crippen MR) is 94.2 cm³/mol. The highest BCUT2D eigenvalue weighted by Gasteiger charge is 2.15. The van der Waals surface area contributed by atoms with Gasteiger partial charge >= 0.3 is 5.76 Å². The number of benzene rings is 2. The molecule has 1 aromatic heterocycles. The molecule has 0 spiro atoms. The Morgan fingerprint density at radius 2 is 2.00 bits per heavy atom. The molecule has 1 unspecified atom stereocenters. The standard InChI is InChI=1S/C18H16ClN3O3/c1-12(14-8-5-9-15(19)10-14)20-16(23)11-22-18(24)25-17(21-22)13-6-3-2-4-7-13/h2-10,12H,11H2,1H3,(H,20,23). The molecule has 0 bridgehead atoms. The molecule has 1 heterocycles. The maximum atomic E-state index is 12.2. The Morgan fingerprint density at radius 1 is 1.24 bits per heavy atom. The summed E-state index contributed by atoms with van der Waals surface area (Å²) in [5.74, 6) is -0.840. The zero-order chi connectivity index (χ0) is 17.8. The van der Waals surface area contributed by atoms with E-state index in [2.05, 4.69) is 10.4 Å². The van der Waals surface area contributed by atoms with Crippen molar-refractivity contribution in [1.29, 1.82) is 0 Å². The summed E-state index contributed by atoms with van der Waals surface area (Å²) in [5, 5.41) is 7.48. The molecule has 1 N–H and O–H groups in total. The van der Waals surface area contributed by atoms with E-state index < -0.39 is 5.76 Å². The van der Waals surface area contributed by atoms with Crippen molar-refractivity contribution in [2.24, 2.45) is 0 Å². The van der Waals surface area contributed by atoms with Crippen molar-refractivity contribution in [2.45, 2.75) is 19.5 Å². The second kappa shape index (κ2) is 7.36. The molecule has 0 aliphatic carbocycles. The van der Waals surface area contributed by atoms with E-state index in [1.54, 1.807) is 24.3 Å². The van der Waals surface area contributed by atoms with Gasteiger partial charge in [-0.1, -0.05) is 41.9 Å². The average molecular weight is 358 g/mol. The van der Waals surface area contributed by atoms with Gasteiger partial charge in [-0.3, -0.25) is 4.79 Å². The number of amides is 1. The molecule has 0 saturated carbocycles. The largest absolute Gasteiger partial charge is 0.437 e. The Morgan fingerprint density at radius 3 is 2.72 bits per heavy atom. The molecule has 1 amide bonds. The van der Waals surface area contributed by atoms with Gasteiger partial charge < -0.3 is 9.73 Å². The van der Waals surface area contributed by atoms with Crippen LogP contribution in [0.3, 0.4) is 0 Å². The molecule has 3 rings (SSSR count). The highest BCUT2D eigenvalue weighted by Crippen LogP contribution is 2.17. The molecule has 128 valence electrons. The quantitative estimate of drug-likeness (QED) is 0.761. The Labute approximate surface area is 149 Å². The zero-order valence-electron chi connectivity index (χ0n) is 13.5. The third kappa shape index (κ3) is 4.16. The lowest BCUT2D eigenvalue weighted by atomic mass is 10.1. The number of aromatic nitrogens is 2. The normalized spacial score (nSPS) is 11.9. The summed E-state index contributed by atoms with van der Waals surface area (Å²) in [6, 6.07) is 16.0. The predicted octanol–water partition coefficient (Wildman–Crippen LogP) is 3.03. The van der Waals surface area contributed by atoms with Crippen LogP contribution in [-0.4, -0.2) is 15.7 Å². The van der Waals surface area contributed by atoms with Crippen LogP contribution in [0.25, 0.3) is 11.5 Å². The van der Waals surface area contributed by atoms with Crippen LogP contribution in [0.5, 0.6) is 0 Å². The minimum Gasteiger partial charge on any atom is -0.388 e. The van der Waals surface area contributed by atoms with E-state index in [0.29, 0.717) is 10.6 Å². The van der Waals surface area contributed by atoms with Gasteiger partial charge in [0.25, 0.3) is 0 Å². The zero-order valence-corrected chi connectivity index (χ0v) is 14.2. The van der Waals surface area contributed by atoms with Crippen molar-refractivity contribution < 1.29 is 9.21 Å². The molecule has 0 fully saturated rings. The number of rotatable bonds is 5. The Kier molecular flexibility index (Phi) is 5.00. The summed E-state index contributed by atoms with van der Waals surface area (Å²) in [7, 11) is 0. The fourth-order valence-corrected chi connectivity index (χ4v) is 2.58. The average Bonchev–Trinajstić information content (AvgIpc) is 2.96. The molecule has 0 aliphatic heterocycles. The second-order valence-corrected chi connectivity index (χ2v) is 5.98. The number of nitrogens with one attached hydrogen (secondary N) is 1. The monoisotopic (exact) mass is 357 g/mol. The van der Waals surface area contributed by atoms with Crippen molar-refractivity contribution in [2.75, 3.05) is 0 Å². The molecule has 7 heteroatoms. The summed E-state index contributed by atoms with van der Waals surface area (Å²) in [6.45, 7) is 1.62. The van der Waals surface area contributed by atoms with E-state index in [9.17, 15) is 9.59 Å². The Bertz CT molecular complexity index is 934. The SMILES string of the molecule is CC(NC(=O)Cn1nc(-c2ccccc2)oc1=O)c1cccc(Cl)c1. The van der Waals surface area contributed by atoms with Crippen LogP contribution < -0.4 is 11.1 Å². The molecular formula is C18H16ClN3O3. The van der Waals surface area contributed by atoms with Crippen molar-refractivity contribution >= 4 is 17.5 Å². The molecule has 0 aliphatic rings. The van der Waals surface area contributed by atoms with Gasteiger partial charge in [-0.05, 0) is 36.8 Å². The topological polar surface area (TPSA) is 77.1 Å². The molecule has 0 saturated heterocycles. The fraction of sp³-hybridized carbons (Fsp3) is 0.167. The van der Waals surface area contributed by atoms with Crippen LogP contribution in [0.4, 0.5) is 0 Å². The smallest absolute Gasteiger partial charge is 0.388 e. The highest BCUT2D eigenvalue weighted by atomic mass is 35.5. The minimum atomic E-state index is -0.676. The maximum Gasteiger partial charge on any atom is 0.437 e. The summed E-state index contributed by atoms with van der Waals surface area (Å²) in [4.78, 5) is 24.1. The van der Waals surface area contributed by atoms with E-state index >= 15 is 0 Å². The van der Waals surface area contributed by atoms with Gasteiger partial charge in [0.15, 0.2) is 0 Å². The van der Waals surface area contributed by atoms with Crippen molar-refractivity contribution in [1.82, 2.24) is 15.1 Å². The van der Waals surface area contributed by atoms with E-state index in [1.807, 2.05) is 37.3 Å².